The van der Waals surface area contributed by atoms with Crippen LogP contribution in [0, 0.1) is 0 Å². The summed E-state index contributed by atoms with van der Waals surface area (Å²) in [6.45, 7) is 1.59. The molecule has 3 nitrogen and oxygen atoms in total. The molecule has 0 unspecified atom stereocenters. The lowest BCUT2D eigenvalue weighted by Gasteiger charge is -2.01. The van der Waals surface area contributed by atoms with E-state index in [1.165, 1.54) is 16.5 Å². The van der Waals surface area contributed by atoms with Crippen molar-refractivity contribution in [3.8, 4) is 0 Å². The molecule has 3 heteroatoms. The van der Waals surface area contributed by atoms with Gasteiger partial charge in [-0.15, -0.1) is 0 Å². The first-order valence-electron chi connectivity index (χ1n) is 5.47. The largest absolute Gasteiger partial charge is 0.464 e. The third kappa shape index (κ3) is 2.26. The fourth-order valence-corrected chi connectivity index (χ4v) is 1.83. The molecule has 1 heterocycles. The van der Waals surface area contributed by atoms with E-state index in [1.54, 1.807) is 7.11 Å². The monoisotopic (exact) mass is 219 g/mol. The van der Waals surface area contributed by atoms with E-state index in [0.717, 1.165) is 25.2 Å². The number of hydrogen-bond donors (Lipinski definition) is 1. The van der Waals surface area contributed by atoms with E-state index < -0.39 is 0 Å². The van der Waals surface area contributed by atoms with Crippen LogP contribution in [0.4, 0.5) is 0 Å². The Morgan fingerprint density at radius 2 is 2.25 bits per heavy atom. The average molecular weight is 219 g/mol. The Morgan fingerprint density at radius 1 is 1.38 bits per heavy atom. The van der Waals surface area contributed by atoms with Crippen LogP contribution < -0.4 is 5.32 Å². The maximum absolute atomic E-state index is 5.49. The van der Waals surface area contributed by atoms with Gasteiger partial charge in [0.05, 0.1) is 12.9 Å². The predicted octanol–water partition coefficient (Wildman–Crippen LogP) is 2.34. The van der Waals surface area contributed by atoms with Crippen LogP contribution in [-0.2, 0) is 17.7 Å². The van der Waals surface area contributed by atoms with E-state index >= 15 is 0 Å². The van der Waals surface area contributed by atoms with E-state index in [2.05, 4.69) is 17.4 Å². The second kappa shape index (κ2) is 5.14. The van der Waals surface area contributed by atoms with E-state index in [9.17, 15) is 0 Å². The molecule has 0 radical (unpaired) electrons. The van der Waals surface area contributed by atoms with Crippen molar-refractivity contribution in [2.75, 3.05) is 20.8 Å². The molecule has 2 aromatic rings. The summed E-state index contributed by atoms with van der Waals surface area (Å²) < 4.78 is 10.6. The van der Waals surface area contributed by atoms with Gasteiger partial charge in [0.15, 0.2) is 0 Å². The van der Waals surface area contributed by atoms with Crippen LogP contribution in [0.3, 0.4) is 0 Å². The molecule has 0 bridgehead atoms. The van der Waals surface area contributed by atoms with Crippen molar-refractivity contribution in [1.29, 1.82) is 0 Å². The number of rotatable bonds is 5. The SMILES string of the molecule is CNCc1coc2ccc(CCOC)cc12. The van der Waals surface area contributed by atoms with Crippen molar-refractivity contribution in [2.45, 2.75) is 13.0 Å². The number of furan rings is 1. The quantitative estimate of drug-likeness (QED) is 0.838. The average Bonchev–Trinajstić information content (AvgIpc) is 2.70. The van der Waals surface area contributed by atoms with Gasteiger partial charge in [-0.1, -0.05) is 6.07 Å². The molecule has 0 amide bonds. The molecule has 1 aromatic heterocycles. The van der Waals surface area contributed by atoms with Crippen molar-refractivity contribution >= 4 is 11.0 Å². The lowest BCUT2D eigenvalue weighted by atomic mass is 10.1. The van der Waals surface area contributed by atoms with Gasteiger partial charge in [-0.3, -0.25) is 0 Å². The van der Waals surface area contributed by atoms with Crippen molar-refractivity contribution in [3.05, 3.63) is 35.6 Å². The van der Waals surface area contributed by atoms with Gasteiger partial charge in [0.2, 0.25) is 0 Å². The standard InChI is InChI=1S/C13H17NO2/c1-14-8-11-9-16-13-4-3-10(5-6-15-2)7-12(11)13/h3-4,7,9,14H,5-6,8H2,1-2H3. The van der Waals surface area contributed by atoms with E-state index in [-0.39, 0.29) is 0 Å². The summed E-state index contributed by atoms with van der Waals surface area (Å²) in [5.74, 6) is 0. The minimum absolute atomic E-state index is 0.755. The van der Waals surface area contributed by atoms with Gasteiger partial charge in [0, 0.05) is 24.6 Å². The Bertz CT molecular complexity index is 462. The van der Waals surface area contributed by atoms with Gasteiger partial charge < -0.3 is 14.5 Å². The topological polar surface area (TPSA) is 34.4 Å². The number of benzene rings is 1. The number of hydrogen-bond acceptors (Lipinski definition) is 3. The Hall–Kier alpha value is -1.32. The molecule has 0 fully saturated rings. The third-order valence-corrected chi connectivity index (χ3v) is 2.68. The molecule has 0 spiro atoms. The first-order chi connectivity index (χ1) is 7.85. The van der Waals surface area contributed by atoms with Gasteiger partial charge in [0.1, 0.15) is 5.58 Å². The molecule has 0 atom stereocenters. The highest BCUT2D eigenvalue weighted by Crippen LogP contribution is 2.22. The van der Waals surface area contributed by atoms with Crippen molar-refractivity contribution < 1.29 is 9.15 Å². The molecule has 0 aliphatic heterocycles. The van der Waals surface area contributed by atoms with Gasteiger partial charge in [-0.25, -0.2) is 0 Å². The van der Waals surface area contributed by atoms with Crippen LogP contribution in [0.25, 0.3) is 11.0 Å². The van der Waals surface area contributed by atoms with Crippen LogP contribution in [0.2, 0.25) is 0 Å². The third-order valence-electron chi connectivity index (χ3n) is 2.68. The maximum atomic E-state index is 5.49. The van der Waals surface area contributed by atoms with Crippen LogP contribution in [0.5, 0.6) is 0 Å². The second-order valence-corrected chi connectivity index (χ2v) is 3.86. The number of fused-ring (bicyclic) bond motifs is 1. The molecule has 0 saturated carbocycles. The molecular weight excluding hydrogens is 202 g/mol. The van der Waals surface area contributed by atoms with E-state index in [0.29, 0.717) is 0 Å². The van der Waals surface area contributed by atoms with Crippen LogP contribution >= 0.6 is 0 Å². The molecule has 2 rings (SSSR count). The first-order valence-corrected chi connectivity index (χ1v) is 5.47. The smallest absolute Gasteiger partial charge is 0.134 e. The summed E-state index contributed by atoms with van der Waals surface area (Å²) in [7, 11) is 3.66. The van der Waals surface area contributed by atoms with E-state index in [4.69, 9.17) is 9.15 Å². The van der Waals surface area contributed by atoms with Gasteiger partial charge in [0.25, 0.3) is 0 Å². The highest BCUT2D eigenvalue weighted by atomic mass is 16.5. The van der Waals surface area contributed by atoms with Crippen LogP contribution in [0.1, 0.15) is 11.1 Å². The van der Waals surface area contributed by atoms with Crippen molar-refractivity contribution in [2.24, 2.45) is 0 Å². The Morgan fingerprint density at radius 3 is 3.00 bits per heavy atom. The number of ether oxygens (including phenoxy) is 1. The van der Waals surface area contributed by atoms with Gasteiger partial charge in [-0.05, 0) is 31.2 Å². The molecule has 16 heavy (non-hydrogen) atoms. The molecule has 86 valence electrons. The maximum Gasteiger partial charge on any atom is 0.134 e. The summed E-state index contributed by atoms with van der Waals surface area (Å²) in [6, 6.07) is 6.30. The van der Waals surface area contributed by atoms with Gasteiger partial charge >= 0.3 is 0 Å². The van der Waals surface area contributed by atoms with Crippen LogP contribution in [0.15, 0.2) is 28.9 Å². The zero-order valence-corrected chi connectivity index (χ0v) is 9.75. The Labute approximate surface area is 95.4 Å². The molecule has 1 aromatic carbocycles. The summed E-state index contributed by atoms with van der Waals surface area (Å²) in [6.07, 6.45) is 2.76. The minimum Gasteiger partial charge on any atom is -0.464 e. The number of methoxy groups -OCH3 is 1. The molecule has 0 aliphatic rings. The summed E-state index contributed by atoms with van der Waals surface area (Å²) in [4.78, 5) is 0. The lowest BCUT2D eigenvalue weighted by Crippen LogP contribution is -2.04. The predicted molar refractivity (Wildman–Crippen MR) is 64.6 cm³/mol. The zero-order chi connectivity index (χ0) is 11.4. The van der Waals surface area contributed by atoms with Gasteiger partial charge in [-0.2, -0.15) is 0 Å². The fraction of sp³-hybridized carbons (Fsp3) is 0.385. The highest BCUT2D eigenvalue weighted by molar-refractivity contribution is 5.81. The first kappa shape index (κ1) is 11.2. The molecule has 0 saturated heterocycles. The Balaban J connectivity index is 2.30. The molecule has 0 aliphatic carbocycles. The normalized spacial score (nSPS) is 11.1. The lowest BCUT2D eigenvalue weighted by molar-refractivity contribution is 0.202. The fourth-order valence-electron chi connectivity index (χ4n) is 1.83. The summed E-state index contributed by atoms with van der Waals surface area (Å²) in [5, 5.41) is 4.34. The summed E-state index contributed by atoms with van der Waals surface area (Å²) in [5.41, 5.74) is 3.44. The highest BCUT2D eigenvalue weighted by Gasteiger charge is 2.05. The number of nitrogens with one attached hydrogen (secondary N) is 1. The summed E-state index contributed by atoms with van der Waals surface area (Å²) >= 11 is 0. The van der Waals surface area contributed by atoms with Crippen LogP contribution in [-0.4, -0.2) is 20.8 Å². The zero-order valence-electron chi connectivity index (χ0n) is 9.75. The minimum atomic E-state index is 0.755. The van der Waals surface area contributed by atoms with E-state index in [1.807, 2.05) is 19.4 Å². The van der Waals surface area contributed by atoms with Crippen molar-refractivity contribution in [3.63, 3.8) is 0 Å². The molecule has 1 N–H and O–H groups in total. The van der Waals surface area contributed by atoms with Crippen molar-refractivity contribution in [1.82, 2.24) is 5.32 Å². The second-order valence-electron chi connectivity index (χ2n) is 3.86. The molecular formula is C13H17NO2. The Kier molecular flexibility index (Phi) is 3.59.